The lowest BCUT2D eigenvalue weighted by molar-refractivity contribution is 1.18. The highest BCUT2D eigenvalue weighted by Gasteiger charge is 2.25. The van der Waals surface area contributed by atoms with Crippen molar-refractivity contribution >= 4 is 86.7 Å². The zero-order valence-corrected chi connectivity index (χ0v) is 42.6. The van der Waals surface area contributed by atoms with E-state index in [1.807, 2.05) is 0 Å². The first-order valence-corrected chi connectivity index (χ1v) is 27.0. The van der Waals surface area contributed by atoms with Crippen LogP contribution in [0.15, 0.2) is 291 Å². The van der Waals surface area contributed by atoms with Crippen molar-refractivity contribution in [1.82, 2.24) is 9.13 Å². The van der Waals surface area contributed by atoms with E-state index in [0.717, 1.165) is 11.4 Å². The number of fused-ring (bicyclic) bond motifs is 11. The molecule has 16 aromatic rings. The molecule has 0 aliphatic carbocycles. The molecule has 0 bridgehead atoms. The zero-order chi connectivity index (χ0) is 51.3. The summed E-state index contributed by atoms with van der Waals surface area (Å²) in [5.41, 5.74) is 19.1. The first kappa shape index (κ1) is 44.1. The van der Waals surface area contributed by atoms with Crippen LogP contribution >= 0.6 is 0 Å². The van der Waals surface area contributed by atoms with E-state index in [2.05, 4.69) is 300 Å². The van der Waals surface area contributed by atoms with Crippen molar-refractivity contribution < 1.29 is 0 Å². The van der Waals surface area contributed by atoms with E-state index in [-0.39, 0.29) is 0 Å². The van der Waals surface area contributed by atoms with Gasteiger partial charge in [0.1, 0.15) is 0 Å². The van der Waals surface area contributed by atoms with Gasteiger partial charge in [-0.3, -0.25) is 0 Å². The van der Waals surface area contributed by atoms with E-state index in [0.29, 0.717) is 0 Å². The standard InChI is InChI=1S/C76H48N2/c1-5-22-49(23-6-1)51-26-21-27-52(44-51)76-62-35-14-13-32-57(62)65-47-67-68(48-66(65)75(76)50-24-7-2-8-25-50)74(54-41-43-61-59-34-18-20-39-70(59)78(72(61)46-54)56-30-11-4-12-31-56)64-37-16-15-36-63(64)73(67)53-40-42-60-58-33-17-19-38-69(58)77(71(60)45-53)55-28-9-3-10-29-55/h1-48H. The molecule has 2 heteroatoms. The largest absolute Gasteiger partial charge is 0.309 e. The monoisotopic (exact) mass is 988 g/mol. The maximum Gasteiger partial charge on any atom is 0.0547 e. The Balaban J connectivity index is 1.08. The lowest BCUT2D eigenvalue weighted by Crippen LogP contribution is -1.96. The first-order chi connectivity index (χ1) is 38.7. The molecule has 0 radical (unpaired) electrons. The molecule has 0 atom stereocenters. The fourth-order valence-electron chi connectivity index (χ4n) is 13.1. The van der Waals surface area contributed by atoms with Crippen molar-refractivity contribution in [3.05, 3.63) is 291 Å². The van der Waals surface area contributed by atoms with Crippen LogP contribution in [0, 0.1) is 0 Å². The van der Waals surface area contributed by atoms with Gasteiger partial charge < -0.3 is 9.13 Å². The lowest BCUT2D eigenvalue weighted by Gasteiger charge is -2.23. The van der Waals surface area contributed by atoms with Crippen molar-refractivity contribution in [2.24, 2.45) is 0 Å². The molecule has 78 heavy (non-hydrogen) atoms. The first-order valence-electron chi connectivity index (χ1n) is 27.0. The number of benzene rings is 14. The molecule has 0 fully saturated rings. The second-order valence-electron chi connectivity index (χ2n) is 20.7. The topological polar surface area (TPSA) is 9.86 Å². The van der Waals surface area contributed by atoms with Gasteiger partial charge in [-0.05, 0) is 165 Å². The van der Waals surface area contributed by atoms with Crippen molar-refractivity contribution in [2.45, 2.75) is 0 Å². The van der Waals surface area contributed by atoms with Crippen LogP contribution in [0.1, 0.15) is 0 Å². The maximum absolute atomic E-state index is 2.56. The van der Waals surface area contributed by atoms with E-state index >= 15 is 0 Å². The number of rotatable bonds is 7. The minimum Gasteiger partial charge on any atom is -0.309 e. The summed E-state index contributed by atoms with van der Waals surface area (Å²) in [6.07, 6.45) is 0. The Kier molecular flexibility index (Phi) is 9.98. The van der Waals surface area contributed by atoms with E-state index < -0.39 is 0 Å². The minimum atomic E-state index is 1.14. The predicted molar refractivity (Wildman–Crippen MR) is 332 cm³/mol. The van der Waals surface area contributed by atoms with Crippen molar-refractivity contribution in [3.63, 3.8) is 0 Å². The minimum absolute atomic E-state index is 1.14. The van der Waals surface area contributed by atoms with Crippen molar-refractivity contribution in [1.29, 1.82) is 0 Å². The number of nitrogens with zero attached hydrogens (tertiary/aromatic N) is 2. The van der Waals surface area contributed by atoms with Gasteiger partial charge in [0.05, 0.1) is 22.1 Å². The van der Waals surface area contributed by atoms with Gasteiger partial charge in [0, 0.05) is 32.9 Å². The van der Waals surface area contributed by atoms with Crippen LogP contribution in [0.4, 0.5) is 0 Å². The Morgan fingerprint density at radius 3 is 1.03 bits per heavy atom. The summed E-state index contributed by atoms with van der Waals surface area (Å²) < 4.78 is 4.89. The number of aromatic nitrogens is 2. The summed E-state index contributed by atoms with van der Waals surface area (Å²) in [5.74, 6) is 0. The lowest BCUT2D eigenvalue weighted by atomic mass is 9.80. The molecule has 0 aliphatic heterocycles. The van der Waals surface area contributed by atoms with Gasteiger partial charge in [0.2, 0.25) is 0 Å². The number of hydrogen-bond acceptors (Lipinski definition) is 0. The predicted octanol–water partition coefficient (Wildman–Crippen LogP) is 20.8. The molecule has 16 rings (SSSR count). The van der Waals surface area contributed by atoms with E-state index in [1.54, 1.807) is 0 Å². The zero-order valence-electron chi connectivity index (χ0n) is 42.6. The SMILES string of the molecule is c1ccc(-c2cccc(-c3c(-c4ccccc4)c4cc5c(-c6ccc7c8ccccc8n(-c8ccccc8)c7c6)c6ccccc6c(-c6ccc7c8ccccc8n(-c8ccccc8)c7c6)c5cc4c4ccccc34)c2)cc1. The summed E-state index contributed by atoms with van der Waals surface area (Å²) in [5, 5.41) is 14.7. The van der Waals surface area contributed by atoms with Crippen LogP contribution in [0.3, 0.4) is 0 Å². The molecule has 362 valence electrons. The van der Waals surface area contributed by atoms with Crippen LogP contribution in [-0.4, -0.2) is 9.13 Å². The fourth-order valence-corrected chi connectivity index (χ4v) is 13.1. The van der Waals surface area contributed by atoms with Crippen LogP contribution < -0.4 is 0 Å². The van der Waals surface area contributed by atoms with E-state index in [9.17, 15) is 0 Å². The third-order valence-electron chi connectivity index (χ3n) is 16.4. The average molecular weight is 989 g/mol. The van der Waals surface area contributed by atoms with Gasteiger partial charge in [-0.1, -0.05) is 224 Å². The molecule has 0 aliphatic rings. The summed E-state index contributed by atoms with van der Waals surface area (Å²) in [7, 11) is 0. The van der Waals surface area contributed by atoms with Crippen molar-refractivity contribution in [3.8, 4) is 67.0 Å². The molecule has 0 saturated heterocycles. The third-order valence-corrected chi connectivity index (χ3v) is 16.4. The maximum atomic E-state index is 2.56. The van der Waals surface area contributed by atoms with E-state index in [1.165, 1.54) is 142 Å². The van der Waals surface area contributed by atoms with Crippen LogP contribution in [0.25, 0.3) is 154 Å². The highest BCUT2D eigenvalue weighted by Crippen LogP contribution is 2.51. The second-order valence-corrected chi connectivity index (χ2v) is 20.7. The molecule has 0 unspecified atom stereocenters. The molecule has 0 amide bonds. The summed E-state index contributed by atoms with van der Waals surface area (Å²) in [6, 6.07) is 108. The third kappa shape index (κ3) is 6.77. The van der Waals surface area contributed by atoms with Gasteiger partial charge >= 0.3 is 0 Å². The van der Waals surface area contributed by atoms with Gasteiger partial charge in [-0.2, -0.15) is 0 Å². The Labute approximate surface area is 451 Å². The van der Waals surface area contributed by atoms with Gasteiger partial charge in [0.25, 0.3) is 0 Å². The molecular formula is C76H48N2. The van der Waals surface area contributed by atoms with Crippen LogP contribution in [0.2, 0.25) is 0 Å². The second kappa shape index (κ2) is 17.7. The average Bonchev–Trinajstić information content (AvgIpc) is 4.17. The molecule has 14 aromatic carbocycles. The van der Waals surface area contributed by atoms with Crippen molar-refractivity contribution in [2.75, 3.05) is 0 Å². The fraction of sp³-hybridized carbons (Fsp3) is 0. The van der Waals surface area contributed by atoms with E-state index in [4.69, 9.17) is 0 Å². The Hall–Kier alpha value is -10.3. The molecule has 0 spiro atoms. The summed E-state index contributed by atoms with van der Waals surface area (Å²) in [6.45, 7) is 0. The number of hydrogen-bond donors (Lipinski definition) is 0. The van der Waals surface area contributed by atoms with Gasteiger partial charge in [-0.15, -0.1) is 0 Å². The van der Waals surface area contributed by atoms with Crippen LogP contribution in [-0.2, 0) is 0 Å². The molecule has 2 heterocycles. The Morgan fingerprint density at radius 2 is 0.500 bits per heavy atom. The highest BCUT2D eigenvalue weighted by molar-refractivity contribution is 6.30. The van der Waals surface area contributed by atoms with Gasteiger partial charge in [0.15, 0.2) is 0 Å². The normalized spacial score (nSPS) is 11.8. The molecular weight excluding hydrogens is 941 g/mol. The molecule has 2 aromatic heterocycles. The summed E-state index contributed by atoms with van der Waals surface area (Å²) in [4.78, 5) is 0. The molecule has 0 saturated carbocycles. The quantitative estimate of drug-likeness (QED) is 0.111. The van der Waals surface area contributed by atoms with Crippen LogP contribution in [0.5, 0.6) is 0 Å². The molecule has 0 N–H and O–H groups in total. The number of para-hydroxylation sites is 4. The smallest absolute Gasteiger partial charge is 0.0547 e. The summed E-state index contributed by atoms with van der Waals surface area (Å²) >= 11 is 0. The Bertz CT molecular complexity index is 5050. The Morgan fingerprint density at radius 1 is 0.154 bits per heavy atom. The highest BCUT2D eigenvalue weighted by atomic mass is 15.0. The molecule has 2 nitrogen and oxygen atoms in total. The van der Waals surface area contributed by atoms with Gasteiger partial charge in [-0.25, -0.2) is 0 Å².